The number of alkyl halides is 3. The number of hydrogen-bond donors (Lipinski definition) is 2. The van der Waals surface area contributed by atoms with Crippen LogP contribution in [-0.4, -0.2) is 18.5 Å². The van der Waals surface area contributed by atoms with Gasteiger partial charge in [-0.1, -0.05) is 6.07 Å². The van der Waals surface area contributed by atoms with Crippen molar-refractivity contribution in [1.82, 2.24) is 0 Å². The highest BCUT2D eigenvalue weighted by Crippen LogP contribution is 2.27. The van der Waals surface area contributed by atoms with Gasteiger partial charge in [-0.05, 0) is 18.2 Å². The fourth-order valence-electron chi connectivity index (χ4n) is 0.764. The molecular formula is C7H6F3NO3S. The summed E-state index contributed by atoms with van der Waals surface area (Å²) in [4.78, 5) is 0. The van der Waals surface area contributed by atoms with Gasteiger partial charge >= 0.3 is 15.6 Å². The van der Waals surface area contributed by atoms with Gasteiger partial charge in [0.2, 0.25) is 0 Å². The van der Waals surface area contributed by atoms with Gasteiger partial charge < -0.3 is 5.32 Å². The zero-order valence-corrected chi connectivity index (χ0v) is 7.93. The molecule has 0 unspecified atom stereocenters. The van der Waals surface area contributed by atoms with Gasteiger partial charge in [0.25, 0.3) is 0 Å². The summed E-state index contributed by atoms with van der Waals surface area (Å²) in [6, 6.07) is 8.25. The molecule has 0 saturated carbocycles. The smallest absolute Gasteiger partial charge is 0.355 e. The Hall–Kier alpha value is -1.28. The molecule has 1 aromatic rings. The van der Waals surface area contributed by atoms with Crippen molar-refractivity contribution >= 4 is 21.5 Å². The third-order valence-electron chi connectivity index (χ3n) is 1.44. The van der Waals surface area contributed by atoms with E-state index in [0.717, 1.165) is 0 Å². The Morgan fingerprint density at radius 2 is 1.53 bits per heavy atom. The summed E-state index contributed by atoms with van der Waals surface area (Å²) in [7, 11) is -5.84. The van der Waals surface area contributed by atoms with Crippen LogP contribution in [0.2, 0.25) is 0 Å². The molecule has 2 N–H and O–H groups in total. The second kappa shape index (κ2) is 3.70. The summed E-state index contributed by atoms with van der Waals surface area (Å²) >= 11 is 0. The number of hydrogen-bond acceptors (Lipinski definition) is 3. The molecule has 0 radical (unpaired) electrons. The van der Waals surface area contributed by atoms with E-state index >= 15 is 0 Å². The predicted molar refractivity (Wildman–Crippen MR) is 47.3 cm³/mol. The predicted octanol–water partition coefficient (Wildman–Crippen LogP) is 2.14. The van der Waals surface area contributed by atoms with Crippen LogP contribution in [0.5, 0.6) is 0 Å². The number of benzene rings is 1. The number of anilines is 2. The highest BCUT2D eigenvalue weighted by atomic mass is 32.2. The van der Waals surface area contributed by atoms with Crippen molar-refractivity contribution < 1.29 is 26.1 Å². The third-order valence-corrected chi connectivity index (χ3v) is 2.03. The van der Waals surface area contributed by atoms with E-state index in [9.17, 15) is 13.2 Å². The molecule has 1 aromatic carbocycles. The Kier molecular flexibility index (Phi) is 2.91. The maximum absolute atomic E-state index is 10.7. The molecule has 0 aliphatic carbocycles. The lowest BCUT2D eigenvalue weighted by Gasteiger charge is -2.15. The maximum atomic E-state index is 10.7. The van der Waals surface area contributed by atoms with Crippen LogP contribution < -0.4 is 5.32 Å². The molecule has 8 heteroatoms. The summed E-state index contributed by atoms with van der Waals surface area (Å²) < 4.78 is 57.5. The van der Waals surface area contributed by atoms with E-state index < -0.39 is 15.6 Å². The molecule has 0 aromatic heterocycles. The minimum Gasteiger partial charge on any atom is -0.355 e. The fourth-order valence-corrected chi connectivity index (χ4v) is 0.764. The zero-order chi connectivity index (χ0) is 11.7. The van der Waals surface area contributed by atoms with Crippen LogP contribution in [0, 0.1) is 0 Å². The van der Waals surface area contributed by atoms with Gasteiger partial charge in [-0.15, -0.1) is 0 Å². The van der Waals surface area contributed by atoms with E-state index in [0.29, 0.717) is 0 Å². The molecule has 2 bridgehead atoms. The van der Waals surface area contributed by atoms with Crippen LogP contribution in [0.15, 0.2) is 24.3 Å². The quantitative estimate of drug-likeness (QED) is 0.547. The molecule has 0 spiro atoms. The Bertz CT molecular complexity index is 430. The fraction of sp³-hybridized carbons (Fsp3) is 0.143. The average Bonchev–Trinajstić information content (AvgIpc) is 2.01. The van der Waals surface area contributed by atoms with Crippen molar-refractivity contribution in [1.29, 1.82) is 0 Å². The van der Waals surface area contributed by atoms with Gasteiger partial charge in [0.1, 0.15) is 0 Å². The van der Waals surface area contributed by atoms with E-state index in [1.165, 1.54) is 11.4 Å². The number of nitrogens with one attached hydrogen (secondary N) is 1. The van der Waals surface area contributed by atoms with Gasteiger partial charge in [0.15, 0.2) is 0 Å². The monoisotopic (exact) mass is 241 g/mol. The van der Waals surface area contributed by atoms with Gasteiger partial charge in [-0.2, -0.15) is 21.6 Å². The Balaban J connectivity index is 0.000000150. The molecule has 4 nitrogen and oxygen atoms in total. The first kappa shape index (κ1) is 11.8. The SMILES string of the molecule is O=S(=O)(O)C(F)(F)F.c1cc2cc(c1)N2. The normalized spacial score (nSPS) is 13.1. The topological polar surface area (TPSA) is 66.4 Å². The second-order valence-corrected chi connectivity index (χ2v) is 4.04. The van der Waals surface area contributed by atoms with Crippen LogP contribution in [0.4, 0.5) is 24.5 Å². The Labute approximate surface area is 83.5 Å². The van der Waals surface area contributed by atoms with E-state index in [1.54, 1.807) is 0 Å². The summed E-state index contributed by atoms with van der Waals surface area (Å²) in [5.41, 5.74) is -3.07. The highest BCUT2D eigenvalue weighted by molar-refractivity contribution is 7.86. The van der Waals surface area contributed by atoms with E-state index in [2.05, 4.69) is 11.4 Å². The molecule has 0 atom stereocenters. The summed E-state index contributed by atoms with van der Waals surface area (Å²) in [5, 5.41) is 3.11. The summed E-state index contributed by atoms with van der Waals surface area (Å²) in [6.07, 6.45) is 0. The third kappa shape index (κ3) is 3.10. The van der Waals surface area contributed by atoms with E-state index in [1.807, 2.05) is 18.2 Å². The lowest BCUT2D eigenvalue weighted by atomic mass is 10.2. The molecular weight excluding hydrogens is 235 g/mol. The highest BCUT2D eigenvalue weighted by Gasteiger charge is 2.44. The molecule has 2 heterocycles. The Morgan fingerprint density at radius 1 is 1.20 bits per heavy atom. The molecule has 0 saturated heterocycles. The van der Waals surface area contributed by atoms with Crippen molar-refractivity contribution in [3.8, 4) is 0 Å². The van der Waals surface area contributed by atoms with Gasteiger partial charge in [0.05, 0.1) is 0 Å². The van der Waals surface area contributed by atoms with Gasteiger partial charge in [-0.25, -0.2) is 0 Å². The Morgan fingerprint density at radius 3 is 1.60 bits per heavy atom. The summed E-state index contributed by atoms with van der Waals surface area (Å²) in [5.74, 6) is 0. The number of rotatable bonds is 0. The van der Waals surface area contributed by atoms with Crippen molar-refractivity contribution in [3.05, 3.63) is 24.3 Å². The first-order chi connectivity index (χ1) is 6.70. The van der Waals surface area contributed by atoms with Gasteiger partial charge in [0, 0.05) is 11.4 Å². The number of fused-ring (bicyclic) bond motifs is 2. The maximum Gasteiger partial charge on any atom is 0.522 e. The minimum absolute atomic E-state index is 1.23. The van der Waals surface area contributed by atoms with Crippen molar-refractivity contribution in [3.63, 3.8) is 0 Å². The minimum atomic E-state index is -5.84. The van der Waals surface area contributed by atoms with Gasteiger partial charge in [-0.3, -0.25) is 4.55 Å². The molecule has 2 aliphatic heterocycles. The van der Waals surface area contributed by atoms with Crippen molar-refractivity contribution in [2.24, 2.45) is 0 Å². The number of halogens is 3. The largest absolute Gasteiger partial charge is 0.522 e. The molecule has 84 valence electrons. The average molecular weight is 241 g/mol. The van der Waals surface area contributed by atoms with E-state index in [-0.39, 0.29) is 0 Å². The molecule has 0 amide bonds. The van der Waals surface area contributed by atoms with Crippen molar-refractivity contribution in [2.75, 3.05) is 5.32 Å². The van der Waals surface area contributed by atoms with E-state index in [4.69, 9.17) is 13.0 Å². The molecule has 2 aliphatic rings. The standard InChI is InChI=1S/C6H5N.CHF3O3S/c1-2-5-4-6(3-1)7-5;2-1(3,4)8(5,6)7/h1-4,7H;(H,5,6,7). The summed E-state index contributed by atoms with van der Waals surface area (Å²) in [6.45, 7) is 0. The lowest BCUT2D eigenvalue weighted by Crippen LogP contribution is -2.21. The second-order valence-electron chi connectivity index (χ2n) is 2.63. The first-order valence-electron chi connectivity index (χ1n) is 3.61. The van der Waals surface area contributed by atoms with Crippen LogP contribution in [0.25, 0.3) is 0 Å². The lowest BCUT2D eigenvalue weighted by molar-refractivity contribution is -0.0510. The van der Waals surface area contributed by atoms with Crippen LogP contribution in [0.1, 0.15) is 0 Å². The zero-order valence-electron chi connectivity index (χ0n) is 7.12. The first-order valence-corrected chi connectivity index (χ1v) is 5.05. The van der Waals surface area contributed by atoms with Crippen LogP contribution in [0.3, 0.4) is 0 Å². The molecule has 3 rings (SSSR count). The van der Waals surface area contributed by atoms with Crippen molar-refractivity contribution in [2.45, 2.75) is 5.51 Å². The molecule has 0 fully saturated rings. The molecule has 15 heavy (non-hydrogen) atoms. The van der Waals surface area contributed by atoms with Crippen LogP contribution >= 0.6 is 0 Å². The van der Waals surface area contributed by atoms with Crippen LogP contribution in [-0.2, 0) is 10.1 Å².